The van der Waals surface area contributed by atoms with Crippen LogP contribution in [0, 0.1) is 5.92 Å². The first-order chi connectivity index (χ1) is 10.3. The number of nitrogens with one attached hydrogen (secondary N) is 1. The molecule has 1 unspecified atom stereocenters. The molecule has 0 aliphatic heterocycles. The van der Waals surface area contributed by atoms with E-state index in [1.165, 1.54) is 16.7 Å². The highest BCUT2D eigenvalue weighted by molar-refractivity contribution is 5.63. The van der Waals surface area contributed by atoms with Gasteiger partial charge in [-0.05, 0) is 42.0 Å². The second kappa shape index (κ2) is 8.60. The number of benzene rings is 2. The van der Waals surface area contributed by atoms with E-state index < -0.39 is 0 Å². The molecule has 21 heavy (non-hydrogen) atoms. The molecule has 0 aromatic heterocycles. The van der Waals surface area contributed by atoms with Crippen LogP contribution >= 0.6 is 0 Å². The van der Waals surface area contributed by atoms with Crippen molar-refractivity contribution in [3.8, 4) is 11.1 Å². The Labute approximate surface area is 127 Å². The molecule has 0 fully saturated rings. The third-order valence-corrected chi connectivity index (χ3v) is 3.75. The summed E-state index contributed by atoms with van der Waals surface area (Å²) in [6, 6.07) is 19.2. The van der Waals surface area contributed by atoms with E-state index in [2.05, 4.69) is 60.8 Å². The first-order valence-electron chi connectivity index (χ1n) is 7.75. The smallest absolute Gasteiger partial charge is 0.0456 e. The molecular weight excluding hydrogens is 258 g/mol. The van der Waals surface area contributed by atoms with Crippen LogP contribution in [-0.2, 0) is 6.54 Å². The second-order valence-electron chi connectivity index (χ2n) is 5.67. The average Bonchev–Trinajstić information content (AvgIpc) is 2.55. The van der Waals surface area contributed by atoms with E-state index in [9.17, 15) is 0 Å². The molecule has 0 aliphatic carbocycles. The number of rotatable bonds is 8. The number of hydrogen-bond donors (Lipinski definition) is 2. The predicted octanol–water partition coefficient (Wildman–Crippen LogP) is 3.85. The van der Waals surface area contributed by atoms with Crippen LogP contribution in [0.3, 0.4) is 0 Å². The normalized spacial score (nSPS) is 12.3. The van der Waals surface area contributed by atoms with Crippen molar-refractivity contribution in [2.75, 3.05) is 13.2 Å². The molecule has 2 heteroatoms. The number of aliphatic hydroxyl groups excluding tert-OH is 1. The molecule has 2 rings (SSSR count). The van der Waals surface area contributed by atoms with E-state index in [0.717, 1.165) is 25.9 Å². The summed E-state index contributed by atoms with van der Waals surface area (Å²) in [6.45, 7) is 4.29. The van der Waals surface area contributed by atoms with E-state index in [1.54, 1.807) is 0 Å². The van der Waals surface area contributed by atoms with Gasteiger partial charge in [-0.1, -0.05) is 61.5 Å². The van der Waals surface area contributed by atoms with Gasteiger partial charge in [-0.25, -0.2) is 0 Å². The lowest BCUT2D eigenvalue weighted by Crippen LogP contribution is -2.15. The highest BCUT2D eigenvalue weighted by Gasteiger charge is 2.00. The number of hydrogen-bond acceptors (Lipinski definition) is 2. The Morgan fingerprint density at radius 1 is 0.952 bits per heavy atom. The molecule has 112 valence electrons. The van der Waals surface area contributed by atoms with E-state index >= 15 is 0 Å². The number of aliphatic hydroxyl groups is 1. The van der Waals surface area contributed by atoms with Crippen molar-refractivity contribution >= 4 is 0 Å². The Balaban J connectivity index is 1.75. The summed E-state index contributed by atoms with van der Waals surface area (Å²) in [5.41, 5.74) is 3.83. The van der Waals surface area contributed by atoms with Crippen LogP contribution in [0.5, 0.6) is 0 Å². The Bertz CT molecular complexity index is 507. The molecule has 0 heterocycles. The molecular formula is C19H25NO. The second-order valence-corrected chi connectivity index (χ2v) is 5.67. The van der Waals surface area contributed by atoms with Gasteiger partial charge in [0.2, 0.25) is 0 Å². The van der Waals surface area contributed by atoms with Gasteiger partial charge >= 0.3 is 0 Å². The molecule has 0 spiro atoms. The molecule has 0 saturated carbocycles. The van der Waals surface area contributed by atoms with Crippen molar-refractivity contribution in [3.05, 3.63) is 60.2 Å². The summed E-state index contributed by atoms with van der Waals surface area (Å²) in [4.78, 5) is 0. The Morgan fingerprint density at radius 3 is 2.29 bits per heavy atom. The Kier molecular flexibility index (Phi) is 6.45. The van der Waals surface area contributed by atoms with Crippen molar-refractivity contribution in [2.45, 2.75) is 26.3 Å². The van der Waals surface area contributed by atoms with Gasteiger partial charge in [0, 0.05) is 13.2 Å². The van der Waals surface area contributed by atoms with Gasteiger partial charge in [-0.3, -0.25) is 0 Å². The quantitative estimate of drug-likeness (QED) is 0.721. The minimum absolute atomic E-state index is 0.293. The largest absolute Gasteiger partial charge is 0.396 e. The highest BCUT2D eigenvalue weighted by Crippen LogP contribution is 2.19. The Morgan fingerprint density at radius 2 is 1.62 bits per heavy atom. The lowest BCUT2D eigenvalue weighted by Gasteiger charge is -2.09. The maximum Gasteiger partial charge on any atom is 0.0456 e. The van der Waals surface area contributed by atoms with Crippen molar-refractivity contribution in [2.24, 2.45) is 5.92 Å². The standard InChI is InChI=1S/C19H25NO/c1-16(15-21)6-5-13-20-14-17-9-11-19(12-10-17)18-7-3-2-4-8-18/h2-4,7-12,16,20-21H,5-6,13-15H2,1H3. The van der Waals surface area contributed by atoms with Crippen LogP contribution in [0.25, 0.3) is 11.1 Å². The van der Waals surface area contributed by atoms with E-state index in [1.807, 2.05) is 6.07 Å². The van der Waals surface area contributed by atoms with E-state index in [-0.39, 0.29) is 0 Å². The summed E-state index contributed by atoms with van der Waals surface area (Å²) < 4.78 is 0. The maximum atomic E-state index is 8.97. The van der Waals surface area contributed by atoms with Gasteiger partial charge in [0.15, 0.2) is 0 Å². The van der Waals surface area contributed by atoms with Crippen LogP contribution in [0.4, 0.5) is 0 Å². The van der Waals surface area contributed by atoms with Crippen molar-refractivity contribution in [1.82, 2.24) is 5.32 Å². The Hall–Kier alpha value is -1.64. The van der Waals surface area contributed by atoms with Crippen LogP contribution < -0.4 is 5.32 Å². The van der Waals surface area contributed by atoms with Crippen LogP contribution in [-0.4, -0.2) is 18.3 Å². The predicted molar refractivity (Wildman–Crippen MR) is 89.1 cm³/mol. The average molecular weight is 283 g/mol. The zero-order valence-corrected chi connectivity index (χ0v) is 12.8. The molecule has 2 N–H and O–H groups in total. The van der Waals surface area contributed by atoms with Crippen LogP contribution in [0.15, 0.2) is 54.6 Å². The zero-order chi connectivity index (χ0) is 14.9. The molecule has 0 bridgehead atoms. The molecule has 1 atom stereocenters. The van der Waals surface area contributed by atoms with Crippen molar-refractivity contribution in [3.63, 3.8) is 0 Å². The summed E-state index contributed by atoms with van der Waals surface area (Å²) in [6.07, 6.45) is 2.19. The van der Waals surface area contributed by atoms with Gasteiger partial charge in [-0.15, -0.1) is 0 Å². The third kappa shape index (κ3) is 5.33. The molecule has 0 aliphatic rings. The first kappa shape index (κ1) is 15.7. The molecule has 0 radical (unpaired) electrons. The van der Waals surface area contributed by atoms with E-state index in [4.69, 9.17) is 5.11 Å². The summed E-state index contributed by atoms with van der Waals surface area (Å²) in [5, 5.41) is 12.4. The molecule has 0 amide bonds. The van der Waals surface area contributed by atoms with Gasteiger partial charge < -0.3 is 10.4 Å². The SMILES string of the molecule is CC(CO)CCCNCc1ccc(-c2ccccc2)cc1. The summed E-state index contributed by atoms with van der Waals surface area (Å²) in [5.74, 6) is 0.414. The van der Waals surface area contributed by atoms with Crippen LogP contribution in [0.1, 0.15) is 25.3 Å². The lowest BCUT2D eigenvalue weighted by atomic mass is 10.0. The monoisotopic (exact) mass is 283 g/mol. The fourth-order valence-corrected chi connectivity index (χ4v) is 2.35. The van der Waals surface area contributed by atoms with Gasteiger partial charge in [0.05, 0.1) is 0 Å². The summed E-state index contributed by atoms with van der Waals surface area (Å²) >= 11 is 0. The summed E-state index contributed by atoms with van der Waals surface area (Å²) in [7, 11) is 0. The van der Waals surface area contributed by atoms with Gasteiger partial charge in [0.1, 0.15) is 0 Å². The molecule has 2 nitrogen and oxygen atoms in total. The van der Waals surface area contributed by atoms with Crippen molar-refractivity contribution in [1.29, 1.82) is 0 Å². The maximum absolute atomic E-state index is 8.97. The van der Waals surface area contributed by atoms with Gasteiger partial charge in [-0.2, -0.15) is 0 Å². The lowest BCUT2D eigenvalue weighted by molar-refractivity contribution is 0.228. The minimum Gasteiger partial charge on any atom is -0.396 e. The third-order valence-electron chi connectivity index (χ3n) is 3.75. The first-order valence-corrected chi connectivity index (χ1v) is 7.75. The topological polar surface area (TPSA) is 32.3 Å². The van der Waals surface area contributed by atoms with Crippen LogP contribution in [0.2, 0.25) is 0 Å². The van der Waals surface area contributed by atoms with E-state index in [0.29, 0.717) is 12.5 Å². The highest BCUT2D eigenvalue weighted by atomic mass is 16.3. The fraction of sp³-hybridized carbons (Fsp3) is 0.368. The van der Waals surface area contributed by atoms with Gasteiger partial charge in [0.25, 0.3) is 0 Å². The molecule has 0 saturated heterocycles. The zero-order valence-electron chi connectivity index (χ0n) is 12.8. The fourth-order valence-electron chi connectivity index (χ4n) is 2.35. The van der Waals surface area contributed by atoms with Crippen molar-refractivity contribution < 1.29 is 5.11 Å². The molecule has 2 aromatic rings. The minimum atomic E-state index is 0.293. The molecule has 2 aromatic carbocycles.